The van der Waals surface area contributed by atoms with Crippen LogP contribution in [0.5, 0.6) is 23.0 Å². The first kappa shape index (κ1) is 13.9. The average Bonchev–Trinajstić information content (AvgIpc) is 3.22. The molecule has 0 amide bonds. The van der Waals surface area contributed by atoms with Gasteiger partial charge in [-0.05, 0) is 41.8 Å². The highest BCUT2D eigenvalue weighted by Crippen LogP contribution is 2.33. The maximum atomic E-state index is 5.38. The minimum atomic E-state index is 0.308. The van der Waals surface area contributed by atoms with Crippen molar-refractivity contribution in [3.05, 3.63) is 47.5 Å². The van der Waals surface area contributed by atoms with E-state index in [4.69, 9.17) is 18.9 Å². The molecular weight excluding hydrogens is 294 g/mol. The van der Waals surface area contributed by atoms with Crippen LogP contribution in [0.4, 0.5) is 0 Å². The van der Waals surface area contributed by atoms with Gasteiger partial charge in [0, 0.05) is 19.2 Å². The first-order valence-electron chi connectivity index (χ1n) is 7.64. The van der Waals surface area contributed by atoms with Crippen molar-refractivity contribution in [1.82, 2.24) is 0 Å². The van der Waals surface area contributed by atoms with Crippen LogP contribution in [-0.4, -0.2) is 26.3 Å². The molecule has 5 nitrogen and oxygen atoms in total. The quantitative estimate of drug-likeness (QED) is 0.797. The molecule has 2 aliphatic rings. The Kier molecular flexibility index (Phi) is 3.76. The summed E-state index contributed by atoms with van der Waals surface area (Å²) in [6.45, 7) is 1.37. The van der Waals surface area contributed by atoms with Crippen molar-refractivity contribution in [2.45, 2.75) is 12.8 Å². The Labute approximate surface area is 134 Å². The minimum absolute atomic E-state index is 0.308. The van der Waals surface area contributed by atoms with Crippen LogP contribution in [-0.2, 0) is 12.8 Å². The van der Waals surface area contributed by atoms with Crippen LogP contribution >= 0.6 is 0 Å². The second-order valence-electron chi connectivity index (χ2n) is 5.42. The molecule has 23 heavy (non-hydrogen) atoms. The van der Waals surface area contributed by atoms with Gasteiger partial charge in [-0.15, -0.1) is 0 Å². The zero-order valence-electron chi connectivity index (χ0n) is 12.7. The molecule has 2 heterocycles. The van der Waals surface area contributed by atoms with E-state index in [9.17, 15) is 0 Å². The molecule has 0 bridgehead atoms. The molecule has 0 spiro atoms. The summed E-state index contributed by atoms with van der Waals surface area (Å²) in [6, 6.07) is 12.0. The zero-order chi connectivity index (χ0) is 15.5. The molecule has 5 heteroatoms. The van der Waals surface area contributed by atoms with Gasteiger partial charge < -0.3 is 18.9 Å². The first-order valence-corrected chi connectivity index (χ1v) is 7.64. The highest BCUT2D eigenvalue weighted by Gasteiger charge is 2.13. The summed E-state index contributed by atoms with van der Waals surface area (Å²) in [6.07, 6.45) is 3.62. The van der Waals surface area contributed by atoms with E-state index in [0.29, 0.717) is 13.6 Å². The molecule has 0 saturated carbocycles. The highest BCUT2D eigenvalue weighted by molar-refractivity contribution is 5.62. The fourth-order valence-electron chi connectivity index (χ4n) is 2.62. The van der Waals surface area contributed by atoms with E-state index in [1.165, 1.54) is 11.1 Å². The Morgan fingerprint density at radius 2 is 1.39 bits per heavy atom. The molecular formula is C18H17NO4. The minimum Gasteiger partial charge on any atom is -0.454 e. The fourth-order valence-corrected chi connectivity index (χ4v) is 2.62. The largest absolute Gasteiger partial charge is 0.454 e. The molecule has 0 aliphatic carbocycles. The summed E-state index contributed by atoms with van der Waals surface area (Å²) in [4.78, 5) is 4.48. The summed E-state index contributed by atoms with van der Waals surface area (Å²) >= 11 is 0. The van der Waals surface area contributed by atoms with Gasteiger partial charge in [0.05, 0.1) is 0 Å². The third kappa shape index (κ3) is 3.08. The SMILES string of the molecule is C(Cc1ccc2c(c1)OCO2)=NCCc1ccc2c(c1)OCO2. The number of fused-ring (bicyclic) bond motifs is 2. The Balaban J connectivity index is 1.28. The van der Waals surface area contributed by atoms with E-state index >= 15 is 0 Å². The van der Waals surface area contributed by atoms with E-state index in [2.05, 4.69) is 11.1 Å². The van der Waals surface area contributed by atoms with Gasteiger partial charge in [-0.2, -0.15) is 0 Å². The third-order valence-corrected chi connectivity index (χ3v) is 3.86. The molecule has 0 radical (unpaired) electrons. The van der Waals surface area contributed by atoms with E-state index in [-0.39, 0.29) is 0 Å². The van der Waals surface area contributed by atoms with Crippen LogP contribution in [0.3, 0.4) is 0 Å². The van der Waals surface area contributed by atoms with Crippen LogP contribution in [0.2, 0.25) is 0 Å². The van der Waals surface area contributed by atoms with Crippen LogP contribution in [0.15, 0.2) is 41.4 Å². The number of hydrogen-bond acceptors (Lipinski definition) is 5. The van der Waals surface area contributed by atoms with Crippen molar-refractivity contribution in [3.8, 4) is 23.0 Å². The van der Waals surface area contributed by atoms with Gasteiger partial charge in [0.25, 0.3) is 0 Å². The second kappa shape index (κ2) is 6.20. The predicted molar refractivity (Wildman–Crippen MR) is 85.9 cm³/mol. The number of hydrogen-bond donors (Lipinski definition) is 0. The van der Waals surface area contributed by atoms with E-state index in [1.54, 1.807) is 0 Å². The maximum absolute atomic E-state index is 5.38. The number of aliphatic imine (C=N–C) groups is 1. The van der Waals surface area contributed by atoms with Crippen LogP contribution in [0.25, 0.3) is 0 Å². The van der Waals surface area contributed by atoms with Crippen molar-refractivity contribution in [1.29, 1.82) is 0 Å². The summed E-state index contributed by atoms with van der Waals surface area (Å²) in [5.41, 5.74) is 2.37. The molecule has 0 unspecified atom stereocenters. The van der Waals surface area contributed by atoms with Crippen LogP contribution in [0, 0.1) is 0 Å². The van der Waals surface area contributed by atoms with Gasteiger partial charge in [-0.3, -0.25) is 4.99 Å². The maximum Gasteiger partial charge on any atom is 0.231 e. The molecule has 0 N–H and O–H groups in total. The Hall–Kier alpha value is -2.69. The number of rotatable bonds is 5. The van der Waals surface area contributed by atoms with Crippen molar-refractivity contribution >= 4 is 6.21 Å². The Morgan fingerprint density at radius 3 is 2.13 bits per heavy atom. The summed E-state index contributed by atoms with van der Waals surface area (Å²) in [5.74, 6) is 3.27. The van der Waals surface area contributed by atoms with E-state index in [1.807, 2.05) is 36.5 Å². The fraction of sp³-hybridized carbons (Fsp3) is 0.278. The number of ether oxygens (including phenoxy) is 4. The number of benzene rings is 2. The average molecular weight is 311 g/mol. The van der Waals surface area contributed by atoms with Gasteiger partial charge in [0.2, 0.25) is 13.6 Å². The number of nitrogens with zero attached hydrogens (tertiary/aromatic N) is 1. The molecule has 118 valence electrons. The van der Waals surface area contributed by atoms with E-state index < -0.39 is 0 Å². The summed E-state index contributed by atoms with van der Waals surface area (Å²) < 4.78 is 21.4. The lowest BCUT2D eigenvalue weighted by Gasteiger charge is -2.01. The summed E-state index contributed by atoms with van der Waals surface area (Å²) in [7, 11) is 0. The molecule has 2 aromatic rings. The topological polar surface area (TPSA) is 49.3 Å². The highest BCUT2D eigenvalue weighted by atomic mass is 16.7. The van der Waals surface area contributed by atoms with Gasteiger partial charge in [-0.1, -0.05) is 12.1 Å². The standard InChI is InChI=1S/C18H17NO4/c1-3-15-17(22-11-20-15)9-13(1)5-7-19-8-6-14-2-4-16-18(10-14)23-12-21-16/h1-4,7,9-10H,5-6,8,11-12H2. The smallest absolute Gasteiger partial charge is 0.231 e. The van der Waals surface area contributed by atoms with Gasteiger partial charge in [0.1, 0.15) is 0 Å². The lowest BCUT2D eigenvalue weighted by molar-refractivity contribution is 0.173. The molecule has 0 saturated heterocycles. The predicted octanol–water partition coefficient (Wildman–Crippen LogP) is 3.00. The van der Waals surface area contributed by atoms with Crippen molar-refractivity contribution < 1.29 is 18.9 Å². The molecule has 4 rings (SSSR count). The molecule has 0 atom stereocenters. The summed E-state index contributed by atoms with van der Waals surface area (Å²) in [5, 5.41) is 0. The second-order valence-corrected chi connectivity index (χ2v) is 5.42. The lowest BCUT2D eigenvalue weighted by atomic mass is 10.1. The van der Waals surface area contributed by atoms with Gasteiger partial charge in [0.15, 0.2) is 23.0 Å². The lowest BCUT2D eigenvalue weighted by Crippen LogP contribution is -1.93. The van der Waals surface area contributed by atoms with Crippen LogP contribution in [0.1, 0.15) is 11.1 Å². The molecule has 2 aliphatic heterocycles. The van der Waals surface area contributed by atoms with Gasteiger partial charge >= 0.3 is 0 Å². The van der Waals surface area contributed by atoms with Gasteiger partial charge in [-0.25, -0.2) is 0 Å². The molecule has 0 aromatic heterocycles. The van der Waals surface area contributed by atoms with Crippen molar-refractivity contribution in [3.63, 3.8) is 0 Å². The normalized spacial score (nSPS) is 14.6. The molecule has 2 aromatic carbocycles. The van der Waals surface area contributed by atoms with E-state index in [0.717, 1.165) is 42.4 Å². The monoisotopic (exact) mass is 311 g/mol. The van der Waals surface area contributed by atoms with Crippen LogP contribution < -0.4 is 18.9 Å². The van der Waals surface area contributed by atoms with Crippen molar-refractivity contribution in [2.75, 3.05) is 20.1 Å². The van der Waals surface area contributed by atoms with Crippen molar-refractivity contribution in [2.24, 2.45) is 4.99 Å². The third-order valence-electron chi connectivity index (χ3n) is 3.86. The first-order chi connectivity index (χ1) is 11.4. The Bertz CT molecular complexity index is 742. The molecule has 0 fully saturated rings. The zero-order valence-corrected chi connectivity index (χ0v) is 12.7. The Morgan fingerprint density at radius 1 is 0.783 bits per heavy atom.